The van der Waals surface area contributed by atoms with Gasteiger partial charge in [0.15, 0.2) is 0 Å². The lowest BCUT2D eigenvalue weighted by molar-refractivity contribution is -0.136. The van der Waals surface area contributed by atoms with E-state index in [0.29, 0.717) is 6.54 Å². The predicted molar refractivity (Wildman–Crippen MR) is 66.8 cm³/mol. The number of benzene rings is 1. The smallest absolute Gasteiger partial charge is 0.384 e. The highest BCUT2D eigenvalue weighted by atomic mass is 19.4. The van der Waals surface area contributed by atoms with Gasteiger partial charge in [-0.25, -0.2) is 4.98 Å². The molecule has 1 aromatic carbocycles. The van der Waals surface area contributed by atoms with Gasteiger partial charge in [-0.3, -0.25) is 0 Å². The van der Waals surface area contributed by atoms with Crippen LogP contribution in [0.15, 0.2) is 43.0 Å². The molecule has 0 aliphatic heterocycles. The highest BCUT2D eigenvalue weighted by molar-refractivity contribution is 5.52. The van der Waals surface area contributed by atoms with E-state index in [4.69, 9.17) is 0 Å². The molecule has 0 unspecified atom stereocenters. The number of halogens is 3. The first-order chi connectivity index (χ1) is 9.07. The molecule has 0 saturated heterocycles. The van der Waals surface area contributed by atoms with Gasteiger partial charge in [-0.1, -0.05) is 12.1 Å². The van der Waals surface area contributed by atoms with Gasteiger partial charge in [0.2, 0.25) is 0 Å². The van der Waals surface area contributed by atoms with Crippen molar-refractivity contribution in [2.24, 2.45) is 0 Å². The Kier molecular flexibility index (Phi) is 4.09. The summed E-state index contributed by atoms with van der Waals surface area (Å²) in [5.74, 6) is 0. The second-order valence-electron chi connectivity index (χ2n) is 4.12. The second kappa shape index (κ2) is 5.77. The standard InChI is InChI=1S/C13H14F3N3/c14-13(15,16)11-4-1-2-5-12(11)18-6-3-8-19-9-7-17-10-19/h1-2,4-5,7,9-10,18H,3,6,8H2. The van der Waals surface area contributed by atoms with Gasteiger partial charge in [0, 0.05) is 31.2 Å². The Bertz CT molecular complexity index is 506. The molecule has 0 spiro atoms. The molecular formula is C13H14F3N3. The zero-order valence-electron chi connectivity index (χ0n) is 10.2. The lowest BCUT2D eigenvalue weighted by Crippen LogP contribution is -2.12. The Morgan fingerprint density at radius 2 is 2.00 bits per heavy atom. The van der Waals surface area contributed by atoms with Gasteiger partial charge in [-0.2, -0.15) is 13.2 Å². The van der Waals surface area contributed by atoms with Crippen molar-refractivity contribution in [2.45, 2.75) is 19.1 Å². The van der Waals surface area contributed by atoms with Crippen LogP contribution in [0.2, 0.25) is 0 Å². The monoisotopic (exact) mass is 269 g/mol. The van der Waals surface area contributed by atoms with Crippen molar-refractivity contribution < 1.29 is 13.2 Å². The summed E-state index contributed by atoms with van der Waals surface area (Å²) < 4.78 is 40.1. The van der Waals surface area contributed by atoms with Crippen LogP contribution in [-0.2, 0) is 12.7 Å². The minimum atomic E-state index is -4.33. The van der Waals surface area contributed by atoms with Crippen LogP contribution in [0.3, 0.4) is 0 Å². The predicted octanol–water partition coefficient (Wildman–Crippen LogP) is 3.40. The third-order valence-corrected chi connectivity index (χ3v) is 2.70. The van der Waals surface area contributed by atoms with Crippen LogP contribution in [0.4, 0.5) is 18.9 Å². The third kappa shape index (κ3) is 3.74. The van der Waals surface area contributed by atoms with Crippen molar-refractivity contribution >= 4 is 5.69 Å². The second-order valence-corrected chi connectivity index (χ2v) is 4.12. The Balaban J connectivity index is 1.89. The molecule has 102 valence electrons. The molecule has 6 heteroatoms. The number of aryl methyl sites for hydroxylation is 1. The van der Waals surface area contributed by atoms with Crippen molar-refractivity contribution in [3.63, 3.8) is 0 Å². The first-order valence-electron chi connectivity index (χ1n) is 5.93. The molecule has 2 aromatic rings. The minimum Gasteiger partial charge on any atom is -0.384 e. The van der Waals surface area contributed by atoms with E-state index in [9.17, 15) is 13.2 Å². The van der Waals surface area contributed by atoms with E-state index in [1.807, 2.05) is 10.8 Å². The van der Waals surface area contributed by atoms with Crippen LogP contribution in [0.25, 0.3) is 0 Å². The molecule has 0 amide bonds. The molecule has 3 nitrogen and oxygen atoms in total. The van der Waals surface area contributed by atoms with Gasteiger partial charge in [0.25, 0.3) is 0 Å². The molecule has 0 bridgehead atoms. The normalized spacial score (nSPS) is 11.5. The van der Waals surface area contributed by atoms with E-state index < -0.39 is 11.7 Å². The molecule has 0 saturated carbocycles. The molecule has 0 radical (unpaired) electrons. The van der Waals surface area contributed by atoms with Crippen LogP contribution < -0.4 is 5.32 Å². The Hall–Kier alpha value is -1.98. The fraction of sp³-hybridized carbons (Fsp3) is 0.308. The van der Waals surface area contributed by atoms with Crippen LogP contribution in [0.5, 0.6) is 0 Å². The highest BCUT2D eigenvalue weighted by Crippen LogP contribution is 2.34. The minimum absolute atomic E-state index is 0.126. The van der Waals surface area contributed by atoms with E-state index in [1.165, 1.54) is 12.1 Å². The average Bonchev–Trinajstić information content (AvgIpc) is 2.87. The van der Waals surface area contributed by atoms with E-state index in [1.54, 1.807) is 18.6 Å². The zero-order valence-corrected chi connectivity index (χ0v) is 10.2. The molecule has 0 atom stereocenters. The molecular weight excluding hydrogens is 255 g/mol. The maximum absolute atomic E-state index is 12.7. The number of imidazole rings is 1. The van der Waals surface area contributed by atoms with Gasteiger partial charge >= 0.3 is 6.18 Å². The number of aromatic nitrogens is 2. The van der Waals surface area contributed by atoms with E-state index in [-0.39, 0.29) is 5.69 Å². The Morgan fingerprint density at radius 3 is 2.68 bits per heavy atom. The van der Waals surface area contributed by atoms with Crippen LogP contribution in [0, 0.1) is 0 Å². The maximum atomic E-state index is 12.7. The average molecular weight is 269 g/mol. The summed E-state index contributed by atoms with van der Waals surface area (Å²) in [7, 11) is 0. The molecule has 0 aliphatic carbocycles. The number of para-hydroxylation sites is 1. The van der Waals surface area contributed by atoms with Crippen molar-refractivity contribution in [2.75, 3.05) is 11.9 Å². The van der Waals surface area contributed by atoms with E-state index in [2.05, 4.69) is 10.3 Å². The van der Waals surface area contributed by atoms with Crippen LogP contribution in [-0.4, -0.2) is 16.1 Å². The first-order valence-corrected chi connectivity index (χ1v) is 5.93. The van der Waals surface area contributed by atoms with Crippen molar-refractivity contribution in [3.8, 4) is 0 Å². The van der Waals surface area contributed by atoms with Crippen LogP contribution >= 0.6 is 0 Å². The summed E-state index contributed by atoms with van der Waals surface area (Å²) in [6.45, 7) is 1.20. The zero-order chi connectivity index (χ0) is 13.7. The number of rotatable bonds is 5. The SMILES string of the molecule is FC(F)(F)c1ccccc1NCCCn1ccnc1. The number of hydrogen-bond acceptors (Lipinski definition) is 2. The molecule has 0 fully saturated rings. The largest absolute Gasteiger partial charge is 0.418 e. The van der Waals surface area contributed by atoms with Gasteiger partial charge in [-0.05, 0) is 18.6 Å². The van der Waals surface area contributed by atoms with Gasteiger partial charge in [0.05, 0.1) is 11.9 Å². The summed E-state index contributed by atoms with van der Waals surface area (Å²) in [6.07, 6.45) is 1.58. The number of alkyl halides is 3. The third-order valence-electron chi connectivity index (χ3n) is 2.70. The van der Waals surface area contributed by atoms with E-state index in [0.717, 1.165) is 19.0 Å². The summed E-state index contributed by atoms with van der Waals surface area (Å²) in [4.78, 5) is 3.90. The van der Waals surface area contributed by atoms with Gasteiger partial charge in [0.1, 0.15) is 0 Å². The highest BCUT2D eigenvalue weighted by Gasteiger charge is 2.32. The lowest BCUT2D eigenvalue weighted by atomic mass is 10.1. The number of hydrogen-bond donors (Lipinski definition) is 1. The van der Waals surface area contributed by atoms with Gasteiger partial charge < -0.3 is 9.88 Å². The van der Waals surface area contributed by atoms with E-state index >= 15 is 0 Å². The first kappa shape index (κ1) is 13.5. The fourth-order valence-corrected chi connectivity index (χ4v) is 1.79. The van der Waals surface area contributed by atoms with Crippen molar-refractivity contribution in [1.82, 2.24) is 9.55 Å². The van der Waals surface area contributed by atoms with Crippen molar-refractivity contribution in [1.29, 1.82) is 0 Å². The number of nitrogens with zero attached hydrogens (tertiary/aromatic N) is 2. The summed E-state index contributed by atoms with van der Waals surface area (Å²) >= 11 is 0. The maximum Gasteiger partial charge on any atom is 0.418 e. The Labute approximate surface area is 109 Å². The molecule has 19 heavy (non-hydrogen) atoms. The number of nitrogens with one attached hydrogen (secondary N) is 1. The number of anilines is 1. The summed E-state index contributed by atoms with van der Waals surface area (Å²) in [6, 6.07) is 5.51. The molecule has 1 aromatic heterocycles. The fourth-order valence-electron chi connectivity index (χ4n) is 1.79. The topological polar surface area (TPSA) is 29.9 Å². The molecule has 1 N–H and O–H groups in total. The quantitative estimate of drug-likeness (QED) is 0.843. The molecule has 2 rings (SSSR count). The Morgan fingerprint density at radius 1 is 1.21 bits per heavy atom. The van der Waals surface area contributed by atoms with Gasteiger partial charge in [-0.15, -0.1) is 0 Å². The van der Waals surface area contributed by atoms with Crippen LogP contribution in [0.1, 0.15) is 12.0 Å². The molecule has 0 aliphatic rings. The molecule has 1 heterocycles. The summed E-state index contributed by atoms with van der Waals surface area (Å²) in [5.41, 5.74) is -0.502. The summed E-state index contributed by atoms with van der Waals surface area (Å²) in [5, 5.41) is 2.83. The van der Waals surface area contributed by atoms with Crippen molar-refractivity contribution in [3.05, 3.63) is 48.5 Å². The lowest BCUT2D eigenvalue weighted by Gasteiger charge is -2.14.